The summed E-state index contributed by atoms with van der Waals surface area (Å²) < 4.78 is 5.34. The Morgan fingerprint density at radius 3 is 2.71 bits per heavy atom. The van der Waals surface area contributed by atoms with Gasteiger partial charge in [0, 0.05) is 5.02 Å². The van der Waals surface area contributed by atoms with Crippen molar-refractivity contribution in [3.63, 3.8) is 0 Å². The van der Waals surface area contributed by atoms with E-state index >= 15 is 0 Å². The Kier molecular flexibility index (Phi) is 5.08. The molecular formula is C19H15ClN2O2. The number of hydrogen-bond acceptors (Lipinski definition) is 3. The van der Waals surface area contributed by atoms with Gasteiger partial charge in [0.25, 0.3) is 5.91 Å². The minimum absolute atomic E-state index is 0.130. The summed E-state index contributed by atoms with van der Waals surface area (Å²) in [5, 5.41) is 6.79. The lowest BCUT2D eigenvalue weighted by molar-refractivity contribution is -0.123. The standard InChI is InChI=1S/C19H15ClN2O2/c20-17-6-3-7-18(11-17)24-13-19(23)22-21-12-14-8-9-15-4-1-2-5-16(15)10-14/h1-12H,13H2,(H,22,23). The number of carbonyl (C=O) groups is 1. The molecule has 0 heterocycles. The van der Waals surface area contributed by atoms with Crippen LogP contribution in [0.4, 0.5) is 0 Å². The van der Waals surface area contributed by atoms with Crippen LogP contribution < -0.4 is 10.2 Å². The van der Waals surface area contributed by atoms with Gasteiger partial charge in [0.2, 0.25) is 0 Å². The molecule has 1 amide bonds. The van der Waals surface area contributed by atoms with Crippen molar-refractivity contribution in [1.29, 1.82) is 0 Å². The van der Waals surface area contributed by atoms with Crippen LogP contribution in [0.5, 0.6) is 5.75 Å². The van der Waals surface area contributed by atoms with E-state index in [1.807, 2.05) is 42.5 Å². The molecule has 24 heavy (non-hydrogen) atoms. The van der Waals surface area contributed by atoms with Crippen LogP contribution in [0.2, 0.25) is 5.02 Å². The fourth-order valence-electron chi connectivity index (χ4n) is 2.20. The Hall–Kier alpha value is -2.85. The normalized spacial score (nSPS) is 10.9. The summed E-state index contributed by atoms with van der Waals surface area (Å²) in [5.41, 5.74) is 3.34. The minimum atomic E-state index is -0.341. The van der Waals surface area contributed by atoms with E-state index in [9.17, 15) is 4.79 Å². The summed E-state index contributed by atoms with van der Waals surface area (Å²) in [5.74, 6) is 0.197. The summed E-state index contributed by atoms with van der Waals surface area (Å²) in [7, 11) is 0. The van der Waals surface area contributed by atoms with Gasteiger partial charge < -0.3 is 4.74 Å². The minimum Gasteiger partial charge on any atom is -0.484 e. The fraction of sp³-hybridized carbons (Fsp3) is 0.0526. The van der Waals surface area contributed by atoms with Crippen LogP contribution in [0.1, 0.15) is 5.56 Å². The van der Waals surface area contributed by atoms with E-state index in [2.05, 4.69) is 10.5 Å². The zero-order valence-electron chi connectivity index (χ0n) is 12.8. The number of nitrogens with zero attached hydrogens (tertiary/aromatic N) is 1. The van der Waals surface area contributed by atoms with Gasteiger partial charge in [-0.15, -0.1) is 0 Å². The second-order valence-electron chi connectivity index (χ2n) is 5.15. The Morgan fingerprint density at radius 1 is 1.04 bits per heavy atom. The number of carbonyl (C=O) groups excluding carboxylic acids is 1. The molecule has 3 aromatic rings. The smallest absolute Gasteiger partial charge is 0.277 e. The predicted octanol–water partition coefficient (Wildman–Crippen LogP) is 4.02. The molecule has 0 fully saturated rings. The van der Waals surface area contributed by atoms with Crippen LogP contribution in [0.3, 0.4) is 0 Å². The van der Waals surface area contributed by atoms with Gasteiger partial charge >= 0.3 is 0 Å². The van der Waals surface area contributed by atoms with E-state index in [4.69, 9.17) is 16.3 Å². The third kappa shape index (κ3) is 4.33. The third-order valence-electron chi connectivity index (χ3n) is 3.34. The monoisotopic (exact) mass is 338 g/mol. The van der Waals surface area contributed by atoms with Crippen LogP contribution in [-0.2, 0) is 4.79 Å². The molecule has 5 heteroatoms. The average molecular weight is 339 g/mol. The lowest BCUT2D eigenvalue weighted by atomic mass is 10.1. The van der Waals surface area contributed by atoms with Crippen LogP contribution in [-0.4, -0.2) is 18.7 Å². The van der Waals surface area contributed by atoms with Crippen molar-refractivity contribution in [1.82, 2.24) is 5.43 Å². The molecule has 1 N–H and O–H groups in total. The highest BCUT2D eigenvalue weighted by Gasteiger charge is 2.01. The molecule has 0 bridgehead atoms. The molecule has 0 aliphatic rings. The van der Waals surface area contributed by atoms with Gasteiger partial charge in [-0.25, -0.2) is 5.43 Å². The van der Waals surface area contributed by atoms with Crippen LogP contribution >= 0.6 is 11.6 Å². The number of ether oxygens (including phenoxy) is 1. The molecule has 0 atom stereocenters. The number of nitrogens with one attached hydrogen (secondary N) is 1. The second-order valence-corrected chi connectivity index (χ2v) is 5.58. The molecule has 0 unspecified atom stereocenters. The van der Waals surface area contributed by atoms with Gasteiger partial charge in [-0.2, -0.15) is 5.10 Å². The molecule has 3 rings (SSSR count). The summed E-state index contributed by atoms with van der Waals surface area (Å²) >= 11 is 5.85. The quantitative estimate of drug-likeness (QED) is 0.564. The lowest BCUT2D eigenvalue weighted by Crippen LogP contribution is -2.24. The maximum absolute atomic E-state index is 11.7. The number of halogens is 1. The Bertz CT molecular complexity index is 893. The lowest BCUT2D eigenvalue weighted by Gasteiger charge is -2.05. The van der Waals surface area contributed by atoms with Crippen molar-refractivity contribution in [2.45, 2.75) is 0 Å². The summed E-state index contributed by atoms with van der Waals surface area (Å²) in [6.45, 7) is -0.130. The first-order valence-electron chi connectivity index (χ1n) is 7.40. The molecule has 4 nitrogen and oxygen atoms in total. The van der Waals surface area contributed by atoms with E-state index in [1.54, 1.807) is 30.5 Å². The molecule has 0 spiro atoms. The van der Waals surface area contributed by atoms with Crippen LogP contribution in [0, 0.1) is 0 Å². The highest BCUT2D eigenvalue weighted by atomic mass is 35.5. The summed E-state index contributed by atoms with van der Waals surface area (Å²) in [4.78, 5) is 11.7. The maximum Gasteiger partial charge on any atom is 0.277 e. The Balaban J connectivity index is 1.54. The van der Waals surface area contributed by atoms with E-state index in [0.717, 1.165) is 16.3 Å². The first kappa shape index (κ1) is 16.0. The Labute approximate surface area is 144 Å². The van der Waals surface area contributed by atoms with Gasteiger partial charge in [0.05, 0.1) is 6.21 Å². The number of hydrazone groups is 1. The van der Waals surface area contributed by atoms with Crippen LogP contribution in [0.25, 0.3) is 10.8 Å². The zero-order valence-corrected chi connectivity index (χ0v) is 13.5. The van der Waals surface area contributed by atoms with Crippen molar-refractivity contribution in [2.75, 3.05) is 6.61 Å². The van der Waals surface area contributed by atoms with Crippen molar-refractivity contribution < 1.29 is 9.53 Å². The number of rotatable bonds is 5. The van der Waals surface area contributed by atoms with Crippen molar-refractivity contribution >= 4 is 34.5 Å². The van der Waals surface area contributed by atoms with Gasteiger partial charge in [-0.3, -0.25) is 4.79 Å². The Morgan fingerprint density at radius 2 is 1.88 bits per heavy atom. The predicted molar refractivity (Wildman–Crippen MR) is 96.6 cm³/mol. The first-order chi connectivity index (χ1) is 11.7. The molecule has 0 aliphatic carbocycles. The van der Waals surface area contributed by atoms with E-state index in [-0.39, 0.29) is 12.5 Å². The number of amides is 1. The molecule has 0 saturated heterocycles. The molecular weight excluding hydrogens is 324 g/mol. The summed E-state index contributed by atoms with van der Waals surface area (Å²) in [6.07, 6.45) is 1.60. The van der Waals surface area contributed by atoms with Gasteiger partial charge in [-0.05, 0) is 40.6 Å². The van der Waals surface area contributed by atoms with Crippen LogP contribution in [0.15, 0.2) is 71.8 Å². The number of hydrogen-bond donors (Lipinski definition) is 1. The third-order valence-corrected chi connectivity index (χ3v) is 3.58. The van der Waals surface area contributed by atoms with Gasteiger partial charge in [0.1, 0.15) is 5.75 Å². The van der Waals surface area contributed by atoms with E-state index in [0.29, 0.717) is 10.8 Å². The maximum atomic E-state index is 11.7. The molecule has 0 aliphatic heterocycles. The molecule has 3 aromatic carbocycles. The van der Waals surface area contributed by atoms with E-state index < -0.39 is 0 Å². The fourth-order valence-corrected chi connectivity index (χ4v) is 2.39. The van der Waals surface area contributed by atoms with Gasteiger partial charge in [-0.1, -0.05) is 54.1 Å². The van der Waals surface area contributed by atoms with Crippen molar-refractivity contribution in [2.24, 2.45) is 5.10 Å². The largest absolute Gasteiger partial charge is 0.484 e. The highest BCUT2D eigenvalue weighted by molar-refractivity contribution is 6.30. The molecule has 0 radical (unpaired) electrons. The first-order valence-corrected chi connectivity index (χ1v) is 7.77. The van der Waals surface area contributed by atoms with Crippen molar-refractivity contribution in [3.8, 4) is 5.75 Å². The van der Waals surface area contributed by atoms with Crippen molar-refractivity contribution in [3.05, 3.63) is 77.3 Å². The highest BCUT2D eigenvalue weighted by Crippen LogP contribution is 2.17. The molecule has 120 valence electrons. The summed E-state index contributed by atoms with van der Waals surface area (Å²) in [6, 6.07) is 20.9. The number of fused-ring (bicyclic) bond motifs is 1. The SMILES string of the molecule is O=C(COc1cccc(Cl)c1)NN=Cc1ccc2ccccc2c1. The number of benzene rings is 3. The molecule has 0 saturated carbocycles. The second kappa shape index (κ2) is 7.62. The zero-order chi connectivity index (χ0) is 16.8. The average Bonchev–Trinajstić information content (AvgIpc) is 2.60. The molecule has 0 aromatic heterocycles. The van der Waals surface area contributed by atoms with Gasteiger partial charge in [0.15, 0.2) is 6.61 Å². The van der Waals surface area contributed by atoms with E-state index in [1.165, 1.54) is 0 Å². The topological polar surface area (TPSA) is 50.7 Å².